The molecule has 128 valence electrons. The zero-order valence-electron chi connectivity index (χ0n) is 12.9. The second-order valence-electron chi connectivity index (χ2n) is 5.57. The number of rotatable bonds is 6. The van der Waals surface area contributed by atoms with Gasteiger partial charge in [0.05, 0.1) is 6.61 Å². The number of aryl methyl sites for hydroxylation is 2. The predicted octanol–water partition coefficient (Wildman–Crippen LogP) is 0.752. The Morgan fingerprint density at radius 3 is 2.96 bits per heavy atom. The molecule has 1 aliphatic heterocycles. The summed E-state index contributed by atoms with van der Waals surface area (Å²) in [6.45, 7) is 4.75. The van der Waals surface area contributed by atoms with E-state index in [2.05, 4.69) is 27.5 Å². The summed E-state index contributed by atoms with van der Waals surface area (Å²) in [5, 5.41) is 20.2. The Morgan fingerprint density at radius 1 is 1.61 bits per heavy atom. The second kappa shape index (κ2) is 8.04. The van der Waals surface area contributed by atoms with Gasteiger partial charge in [-0.15, -0.1) is 12.6 Å². The molecule has 0 amide bonds. The van der Waals surface area contributed by atoms with E-state index in [9.17, 15) is 10.1 Å². The van der Waals surface area contributed by atoms with Crippen LogP contribution in [0.5, 0.6) is 0 Å². The fraction of sp³-hybridized carbons (Fsp3) is 0.692. The number of aromatic amines is 1. The van der Waals surface area contributed by atoms with Gasteiger partial charge in [0.15, 0.2) is 5.82 Å². The van der Waals surface area contributed by atoms with Gasteiger partial charge in [-0.05, 0) is 11.3 Å². The van der Waals surface area contributed by atoms with Crippen molar-refractivity contribution < 1.29 is 10.0 Å². The summed E-state index contributed by atoms with van der Waals surface area (Å²) in [5.41, 5.74) is 0.469. The molecule has 1 aliphatic rings. The van der Waals surface area contributed by atoms with Gasteiger partial charge >= 0.3 is 5.82 Å². The number of nitrogens with zero attached hydrogens (tertiary/aromatic N) is 4. The van der Waals surface area contributed by atoms with Crippen LogP contribution in [0.15, 0.2) is 0 Å². The first-order chi connectivity index (χ1) is 10.9. The summed E-state index contributed by atoms with van der Waals surface area (Å²) in [4.78, 5) is 21.7. The van der Waals surface area contributed by atoms with Gasteiger partial charge in [0.2, 0.25) is 0 Å². The lowest BCUT2D eigenvalue weighted by molar-refractivity contribution is -0.390. The number of aromatic nitrogens is 2. The zero-order valence-corrected chi connectivity index (χ0v) is 14.6. The Bertz CT molecular complexity index is 580. The number of thiocarbonyl (C=S) groups is 1. The highest BCUT2D eigenvalue weighted by Crippen LogP contribution is 2.21. The SMILES string of the molecule is Cc1nc(CCC2CN(CCO)CCN2C(=S)S)c([N+](=O)[O-])[nH]1. The summed E-state index contributed by atoms with van der Waals surface area (Å²) in [6, 6.07) is 0.108. The van der Waals surface area contributed by atoms with Crippen LogP contribution < -0.4 is 0 Å². The molecular weight excluding hydrogens is 338 g/mol. The smallest absolute Gasteiger partial charge is 0.343 e. The number of β-amino-alcohol motifs (C(OH)–C–C–N with tert-alkyl or cyclic N) is 1. The number of nitrogens with one attached hydrogen (secondary N) is 1. The number of H-pyrrole nitrogens is 1. The third kappa shape index (κ3) is 4.63. The highest BCUT2D eigenvalue weighted by Gasteiger charge is 2.28. The van der Waals surface area contributed by atoms with E-state index >= 15 is 0 Å². The number of aliphatic hydroxyl groups is 1. The molecule has 1 fully saturated rings. The van der Waals surface area contributed by atoms with Crippen LogP contribution in [0.1, 0.15) is 17.9 Å². The molecule has 0 aromatic carbocycles. The van der Waals surface area contributed by atoms with Crippen molar-refractivity contribution in [2.75, 3.05) is 32.8 Å². The molecule has 0 aliphatic carbocycles. The largest absolute Gasteiger partial charge is 0.395 e. The molecular formula is C13H21N5O3S2. The highest BCUT2D eigenvalue weighted by atomic mass is 32.1. The first-order valence-corrected chi connectivity index (χ1v) is 8.30. The van der Waals surface area contributed by atoms with E-state index in [0.717, 1.165) is 19.6 Å². The van der Waals surface area contributed by atoms with Crippen LogP contribution in [0.2, 0.25) is 0 Å². The van der Waals surface area contributed by atoms with Gasteiger partial charge in [-0.2, -0.15) is 0 Å². The summed E-state index contributed by atoms with van der Waals surface area (Å²) < 4.78 is 0.534. The number of nitro groups is 1. The number of aliphatic hydroxyl groups excluding tert-OH is 1. The topological polar surface area (TPSA) is 98.5 Å². The molecule has 10 heteroatoms. The van der Waals surface area contributed by atoms with Crippen LogP contribution in [0, 0.1) is 17.0 Å². The lowest BCUT2D eigenvalue weighted by atomic mass is 10.1. The van der Waals surface area contributed by atoms with Gasteiger partial charge in [-0.3, -0.25) is 4.90 Å². The second-order valence-corrected chi connectivity index (χ2v) is 6.68. The van der Waals surface area contributed by atoms with E-state index in [1.165, 1.54) is 0 Å². The Kier molecular flexibility index (Phi) is 6.33. The van der Waals surface area contributed by atoms with Crippen molar-refractivity contribution in [3.8, 4) is 0 Å². The maximum atomic E-state index is 11.1. The molecule has 0 bridgehead atoms. The average molecular weight is 359 g/mol. The minimum Gasteiger partial charge on any atom is -0.395 e. The zero-order chi connectivity index (χ0) is 17.0. The molecule has 1 aromatic rings. The van der Waals surface area contributed by atoms with Crippen LogP contribution in [0.3, 0.4) is 0 Å². The third-order valence-corrected chi connectivity index (χ3v) is 4.49. The molecule has 0 radical (unpaired) electrons. The summed E-state index contributed by atoms with van der Waals surface area (Å²) >= 11 is 9.47. The molecule has 1 aromatic heterocycles. The molecule has 1 unspecified atom stereocenters. The lowest BCUT2D eigenvalue weighted by Crippen LogP contribution is -2.54. The Hall–Kier alpha value is -1.23. The predicted molar refractivity (Wildman–Crippen MR) is 93.9 cm³/mol. The molecule has 0 spiro atoms. The van der Waals surface area contributed by atoms with Gasteiger partial charge in [0.25, 0.3) is 0 Å². The fourth-order valence-electron chi connectivity index (χ4n) is 2.92. The summed E-state index contributed by atoms with van der Waals surface area (Å²) in [7, 11) is 0. The number of thiol groups is 1. The van der Waals surface area contributed by atoms with Crippen molar-refractivity contribution >= 4 is 35.0 Å². The van der Waals surface area contributed by atoms with Gasteiger partial charge in [0, 0.05) is 45.6 Å². The molecule has 1 saturated heterocycles. The Morgan fingerprint density at radius 2 is 2.35 bits per heavy atom. The van der Waals surface area contributed by atoms with Gasteiger partial charge in [-0.25, -0.2) is 9.97 Å². The highest BCUT2D eigenvalue weighted by molar-refractivity contribution is 8.10. The third-order valence-electron chi connectivity index (χ3n) is 4.00. The maximum absolute atomic E-state index is 11.1. The number of hydrogen-bond donors (Lipinski definition) is 3. The molecule has 0 saturated carbocycles. The van der Waals surface area contributed by atoms with E-state index in [0.29, 0.717) is 35.2 Å². The lowest BCUT2D eigenvalue weighted by Gasteiger charge is -2.41. The van der Waals surface area contributed by atoms with Crippen LogP contribution in [0.4, 0.5) is 5.82 Å². The van der Waals surface area contributed by atoms with Crippen molar-refractivity contribution in [3.63, 3.8) is 0 Å². The fourth-order valence-corrected chi connectivity index (χ4v) is 3.42. The van der Waals surface area contributed by atoms with Crippen LogP contribution in [-0.4, -0.2) is 72.9 Å². The minimum absolute atomic E-state index is 0.0366. The molecule has 2 N–H and O–H groups in total. The number of imidazole rings is 1. The molecule has 1 atom stereocenters. The number of piperazine rings is 1. The first-order valence-electron chi connectivity index (χ1n) is 7.45. The van der Waals surface area contributed by atoms with E-state index in [1.54, 1.807) is 6.92 Å². The average Bonchev–Trinajstić information content (AvgIpc) is 2.86. The minimum atomic E-state index is -0.435. The first kappa shape index (κ1) is 18.1. The maximum Gasteiger partial charge on any atom is 0.343 e. The van der Waals surface area contributed by atoms with E-state index in [-0.39, 0.29) is 18.5 Å². The summed E-state index contributed by atoms with van der Waals surface area (Å²) in [5.74, 6) is 0.504. The van der Waals surface area contributed by atoms with Crippen molar-refractivity contribution in [2.24, 2.45) is 0 Å². The normalized spacial score (nSPS) is 19.1. The van der Waals surface area contributed by atoms with Crippen LogP contribution in [-0.2, 0) is 6.42 Å². The van der Waals surface area contributed by atoms with Crippen molar-refractivity contribution in [1.29, 1.82) is 0 Å². The monoisotopic (exact) mass is 359 g/mol. The van der Waals surface area contributed by atoms with Gasteiger partial charge in [0.1, 0.15) is 10.0 Å². The molecule has 2 rings (SSSR count). The Labute approximate surface area is 145 Å². The summed E-state index contributed by atoms with van der Waals surface area (Å²) in [6.07, 6.45) is 1.18. The van der Waals surface area contributed by atoms with Gasteiger partial charge < -0.3 is 20.1 Å². The molecule has 2 heterocycles. The Balaban J connectivity index is 2.06. The van der Waals surface area contributed by atoms with Gasteiger partial charge in [-0.1, -0.05) is 12.2 Å². The van der Waals surface area contributed by atoms with Crippen molar-refractivity contribution in [1.82, 2.24) is 19.8 Å². The number of hydrogen-bond acceptors (Lipinski definition) is 6. The quantitative estimate of drug-likeness (QED) is 0.298. The van der Waals surface area contributed by atoms with Crippen molar-refractivity contribution in [2.45, 2.75) is 25.8 Å². The van der Waals surface area contributed by atoms with E-state index in [4.69, 9.17) is 17.3 Å². The van der Waals surface area contributed by atoms with E-state index in [1.807, 2.05) is 4.90 Å². The standard InChI is InChI=1S/C13H21N5O3S2/c1-9-14-11(12(15-9)18(20)21)3-2-10-8-16(6-7-19)4-5-17(10)13(22)23/h10,19H,2-8H2,1H3,(H,14,15)(H,22,23). The van der Waals surface area contributed by atoms with E-state index < -0.39 is 4.92 Å². The van der Waals surface area contributed by atoms with Crippen LogP contribution >= 0.6 is 24.8 Å². The molecule has 23 heavy (non-hydrogen) atoms. The molecule has 8 nitrogen and oxygen atoms in total. The van der Waals surface area contributed by atoms with Crippen molar-refractivity contribution in [3.05, 3.63) is 21.6 Å². The van der Waals surface area contributed by atoms with Crippen LogP contribution in [0.25, 0.3) is 0 Å².